The van der Waals surface area contributed by atoms with Crippen molar-refractivity contribution in [3.05, 3.63) is 65.9 Å². The van der Waals surface area contributed by atoms with E-state index in [-0.39, 0.29) is 22.4 Å². The minimum Gasteiger partial charge on any atom is -0.431 e. The van der Waals surface area contributed by atoms with Crippen LogP contribution in [-0.2, 0) is 30.5 Å². The summed E-state index contributed by atoms with van der Waals surface area (Å²) in [5, 5.41) is 6.43. The summed E-state index contributed by atoms with van der Waals surface area (Å²) >= 11 is 0. The third-order valence-corrected chi connectivity index (χ3v) is 8.51. The number of aryl methyl sites for hydroxylation is 1. The first-order chi connectivity index (χ1) is 22.1. The van der Waals surface area contributed by atoms with Crippen molar-refractivity contribution in [3.63, 3.8) is 0 Å². The second-order valence-corrected chi connectivity index (χ2v) is 12.8. The number of rotatable bonds is 10. The zero-order valence-corrected chi connectivity index (χ0v) is 26.6. The molecular formula is C29H33F3N6O8S. The molecule has 2 aromatic heterocycles. The molecule has 1 aliphatic heterocycles. The second kappa shape index (κ2) is 13.1. The number of carbonyl (C=O) groups excluding carboxylic acids is 2. The van der Waals surface area contributed by atoms with Crippen LogP contribution in [0.5, 0.6) is 0 Å². The number of alkyl halides is 3. The third kappa shape index (κ3) is 8.11. The lowest BCUT2D eigenvalue weighted by Gasteiger charge is -2.28. The van der Waals surface area contributed by atoms with E-state index in [4.69, 9.17) is 18.9 Å². The Morgan fingerprint density at radius 1 is 1.00 bits per heavy atom. The van der Waals surface area contributed by atoms with Gasteiger partial charge in [0.2, 0.25) is 5.91 Å². The number of ether oxygens (including phenoxy) is 2. The maximum atomic E-state index is 13.5. The minimum absolute atomic E-state index is 0.171. The fourth-order valence-corrected chi connectivity index (χ4v) is 5.80. The summed E-state index contributed by atoms with van der Waals surface area (Å²) in [7, 11) is -4.29. The molecular weight excluding hydrogens is 649 g/mol. The first-order valence-corrected chi connectivity index (χ1v) is 16.1. The average Bonchev–Trinajstić information content (AvgIpc) is 3.59. The molecule has 0 saturated carbocycles. The lowest BCUT2D eigenvalue weighted by molar-refractivity contribution is -0.141. The zero-order valence-electron chi connectivity index (χ0n) is 25.8. The Morgan fingerprint density at radius 3 is 2.23 bits per heavy atom. The van der Waals surface area contributed by atoms with Gasteiger partial charge in [-0.3, -0.25) is 9.80 Å². The number of benzene rings is 2. The van der Waals surface area contributed by atoms with Crippen LogP contribution in [0.2, 0.25) is 0 Å². The van der Waals surface area contributed by atoms with Crippen molar-refractivity contribution < 1.29 is 50.1 Å². The number of amides is 1. The van der Waals surface area contributed by atoms with Crippen molar-refractivity contribution in [3.8, 4) is 16.9 Å². The topological polar surface area (TPSA) is 152 Å². The number of sulfonamides is 1. The van der Waals surface area contributed by atoms with Gasteiger partial charge in [-0.2, -0.15) is 22.9 Å². The van der Waals surface area contributed by atoms with E-state index < -0.39 is 46.2 Å². The van der Waals surface area contributed by atoms with E-state index in [9.17, 15) is 31.2 Å². The lowest BCUT2D eigenvalue weighted by Crippen LogP contribution is -2.45. The highest BCUT2D eigenvalue weighted by atomic mass is 32.2. The molecule has 0 radical (unpaired) electrons. The van der Waals surface area contributed by atoms with E-state index in [2.05, 4.69) is 9.82 Å². The van der Waals surface area contributed by atoms with Crippen LogP contribution in [0.25, 0.3) is 16.9 Å². The molecule has 254 valence electrons. The predicted molar refractivity (Wildman–Crippen MR) is 158 cm³/mol. The summed E-state index contributed by atoms with van der Waals surface area (Å²) in [6.45, 7) is 7.31. The van der Waals surface area contributed by atoms with Crippen LogP contribution in [-0.4, -0.2) is 65.7 Å². The van der Waals surface area contributed by atoms with Gasteiger partial charge >= 0.3 is 12.3 Å². The Bertz CT molecular complexity index is 1800. The SMILES string of the molecule is Cc1ccc(-c2cc(C(F)(F)F)nn2-c2ccc(S(=O)(=O)NC(=O)C3CCN(n4on4OC(C)OC(=O)OC(C)C)CC3)cc2)cc1. The maximum absolute atomic E-state index is 13.5. The van der Waals surface area contributed by atoms with Crippen molar-refractivity contribution in [2.75, 3.05) is 18.1 Å². The number of carbonyl (C=O) groups is 2. The van der Waals surface area contributed by atoms with E-state index in [0.717, 1.165) is 21.3 Å². The molecule has 1 fully saturated rings. The molecule has 5 rings (SSSR count). The van der Waals surface area contributed by atoms with Crippen molar-refractivity contribution >= 4 is 22.1 Å². The van der Waals surface area contributed by atoms with Crippen molar-refractivity contribution in [1.29, 1.82) is 0 Å². The number of aromatic nitrogens is 4. The van der Waals surface area contributed by atoms with E-state index in [0.29, 0.717) is 31.5 Å². The van der Waals surface area contributed by atoms with Gasteiger partial charge in [0.1, 0.15) is 5.02 Å². The van der Waals surface area contributed by atoms with Crippen LogP contribution in [0.1, 0.15) is 44.9 Å². The fourth-order valence-electron chi connectivity index (χ4n) is 4.75. The van der Waals surface area contributed by atoms with E-state index in [1.165, 1.54) is 36.2 Å². The first kappa shape index (κ1) is 33.5. The van der Waals surface area contributed by atoms with E-state index in [1.54, 1.807) is 43.1 Å². The Morgan fingerprint density at radius 2 is 1.64 bits per heavy atom. The molecule has 4 aromatic rings. The Balaban J connectivity index is 1.18. The summed E-state index contributed by atoms with van der Waals surface area (Å²) in [6.07, 6.45) is -6.37. The Kier molecular flexibility index (Phi) is 9.33. The number of nitrogens with zero attached hydrogens (tertiary/aromatic N) is 5. The minimum atomic E-state index is -4.69. The molecule has 14 nitrogen and oxygen atoms in total. The molecule has 0 aliphatic carbocycles. The normalized spacial score (nSPS) is 15.1. The molecule has 3 heterocycles. The van der Waals surface area contributed by atoms with Crippen LogP contribution >= 0.6 is 0 Å². The van der Waals surface area contributed by atoms with Gasteiger partial charge in [0.15, 0.2) is 5.69 Å². The van der Waals surface area contributed by atoms with Gasteiger partial charge in [0.05, 0.1) is 22.4 Å². The van der Waals surface area contributed by atoms with Gasteiger partial charge < -0.3 is 14.3 Å². The summed E-state index contributed by atoms with van der Waals surface area (Å²) in [4.78, 5) is 30.8. The van der Waals surface area contributed by atoms with Crippen LogP contribution < -0.4 is 14.6 Å². The molecule has 47 heavy (non-hydrogen) atoms. The average molecular weight is 683 g/mol. The summed E-state index contributed by atoms with van der Waals surface area (Å²) in [6, 6.07) is 12.8. The molecule has 1 aliphatic rings. The van der Waals surface area contributed by atoms with E-state index >= 15 is 0 Å². The molecule has 1 atom stereocenters. The highest BCUT2D eigenvalue weighted by Crippen LogP contribution is 2.33. The van der Waals surface area contributed by atoms with Crippen molar-refractivity contribution in [2.45, 2.75) is 64.0 Å². The molecule has 0 spiro atoms. The van der Waals surface area contributed by atoms with Crippen LogP contribution in [0.15, 0.2) is 64.1 Å². The van der Waals surface area contributed by atoms with Gasteiger partial charge in [-0.15, -0.1) is 0 Å². The summed E-state index contributed by atoms with van der Waals surface area (Å²) in [5.41, 5.74) is 0.685. The maximum Gasteiger partial charge on any atom is 0.511 e. The summed E-state index contributed by atoms with van der Waals surface area (Å²) < 4.78 is 84.9. The van der Waals surface area contributed by atoms with Gasteiger partial charge in [-0.25, -0.2) is 22.6 Å². The lowest BCUT2D eigenvalue weighted by atomic mass is 9.97. The van der Waals surface area contributed by atoms with Gasteiger partial charge in [-0.05, 0) is 63.9 Å². The van der Waals surface area contributed by atoms with Crippen molar-refractivity contribution in [1.82, 2.24) is 24.5 Å². The number of hydrogen-bond donors (Lipinski definition) is 1. The quantitative estimate of drug-likeness (QED) is 0.190. The monoisotopic (exact) mass is 682 g/mol. The fraction of sp³-hybridized carbons (Fsp3) is 0.414. The Labute approximate surface area is 267 Å². The molecule has 1 saturated heterocycles. The first-order valence-electron chi connectivity index (χ1n) is 14.6. The van der Waals surface area contributed by atoms with Gasteiger partial charge in [-0.1, -0.05) is 29.8 Å². The van der Waals surface area contributed by atoms with Crippen molar-refractivity contribution in [2.24, 2.45) is 5.92 Å². The van der Waals surface area contributed by atoms with Crippen LogP contribution in [0.3, 0.4) is 0 Å². The standard InChI is InChI=1S/C29H33F3N6O8S/c1-18(2)43-28(40)44-20(4)45-38-37(46-38)35-15-13-22(14-16-35)27(39)34-47(41,42)24-11-9-23(10-12-24)36-25(17-26(33-36)29(30,31)32)21-7-5-19(3)6-8-21/h5-12,17-18,20,22H,13-16H2,1-4H3,(H,34,39). The second-order valence-electron chi connectivity index (χ2n) is 11.2. The number of hydrogen-bond acceptors (Lipinski definition) is 10. The largest absolute Gasteiger partial charge is 0.511 e. The smallest absolute Gasteiger partial charge is 0.431 e. The van der Waals surface area contributed by atoms with E-state index in [1.807, 2.05) is 6.92 Å². The molecule has 1 amide bonds. The number of nitrogens with one attached hydrogen (secondary N) is 1. The highest BCUT2D eigenvalue weighted by molar-refractivity contribution is 7.90. The van der Waals surface area contributed by atoms with Crippen LogP contribution in [0.4, 0.5) is 18.0 Å². The third-order valence-electron chi connectivity index (χ3n) is 7.15. The molecule has 0 bridgehead atoms. The number of piperidine rings is 1. The molecule has 2 aromatic carbocycles. The highest BCUT2D eigenvalue weighted by Gasteiger charge is 2.36. The number of halogens is 3. The van der Waals surface area contributed by atoms with Gasteiger partial charge in [0, 0.05) is 36.5 Å². The molecule has 18 heteroatoms. The van der Waals surface area contributed by atoms with Gasteiger partial charge in [0.25, 0.3) is 16.3 Å². The molecule has 1 unspecified atom stereocenters. The predicted octanol–water partition coefficient (Wildman–Crippen LogP) is 4.25. The summed E-state index contributed by atoms with van der Waals surface area (Å²) in [5.74, 6) is -1.31. The Hall–Kier alpha value is -4.87. The molecule has 1 N–H and O–H groups in total. The van der Waals surface area contributed by atoms with Crippen LogP contribution in [0, 0.1) is 12.8 Å². The zero-order chi connectivity index (χ0) is 34.1.